The number of rotatable bonds is 7. The van der Waals surface area contributed by atoms with E-state index in [0.29, 0.717) is 0 Å². The third-order valence-electron chi connectivity index (χ3n) is 4.27. The highest BCUT2D eigenvalue weighted by Crippen LogP contribution is 2.38. The number of nitrogens with two attached hydrogens (primary N) is 3. The van der Waals surface area contributed by atoms with E-state index in [4.69, 9.17) is 17.2 Å². The predicted molar refractivity (Wildman–Crippen MR) is 118 cm³/mol. The number of hydrogen-bond acceptors (Lipinski definition) is 13. The van der Waals surface area contributed by atoms with Crippen molar-refractivity contribution >= 4 is 54.7 Å². The number of nitrogen functional groups attached to an aromatic ring is 3. The normalized spacial score (nSPS) is 11.6. The highest BCUT2D eigenvalue weighted by Gasteiger charge is 2.40. The molecule has 178 valence electrons. The van der Waals surface area contributed by atoms with Gasteiger partial charge in [0.2, 0.25) is 5.95 Å². The summed E-state index contributed by atoms with van der Waals surface area (Å²) in [5, 5.41) is 21.8. The number of aromatic nitrogens is 2. The number of anilines is 4. The maximum absolute atomic E-state index is 13.5. The standard InChI is InChI=1S/C16H14N8O8S2/c17-14-13(15(18)21-16(19)20-14)24(33(29,30)11-5-1-9(2-6-11)22(25)26)34(31,32)12-7-3-10(4-8-12)23(27)28/h1-8H,(H6,17,18,19,20,21). The third kappa shape index (κ3) is 4.21. The summed E-state index contributed by atoms with van der Waals surface area (Å²) in [6.45, 7) is 0. The zero-order valence-electron chi connectivity index (χ0n) is 16.7. The Morgan fingerprint density at radius 2 is 1.00 bits per heavy atom. The van der Waals surface area contributed by atoms with Gasteiger partial charge >= 0.3 is 0 Å². The summed E-state index contributed by atoms with van der Waals surface area (Å²) in [7, 11) is -10.2. The molecule has 1 aromatic heterocycles. The molecule has 6 N–H and O–H groups in total. The molecule has 0 radical (unpaired) electrons. The molecule has 0 fully saturated rings. The Bertz CT molecular complexity index is 1400. The molecule has 18 heteroatoms. The van der Waals surface area contributed by atoms with Crippen molar-refractivity contribution in [1.29, 1.82) is 0 Å². The van der Waals surface area contributed by atoms with Crippen LogP contribution < -0.4 is 20.9 Å². The quantitative estimate of drug-likeness (QED) is 0.291. The van der Waals surface area contributed by atoms with Crippen molar-refractivity contribution < 1.29 is 26.7 Å². The fourth-order valence-electron chi connectivity index (χ4n) is 2.74. The van der Waals surface area contributed by atoms with Crippen molar-refractivity contribution in [2.24, 2.45) is 0 Å². The Morgan fingerprint density at radius 3 is 1.29 bits per heavy atom. The highest BCUT2D eigenvalue weighted by molar-refractivity contribution is 8.10. The molecule has 0 bridgehead atoms. The molecule has 16 nitrogen and oxygen atoms in total. The summed E-state index contributed by atoms with van der Waals surface area (Å²) >= 11 is 0. The van der Waals surface area contributed by atoms with Gasteiger partial charge in [0.15, 0.2) is 17.3 Å². The first-order chi connectivity index (χ1) is 15.8. The summed E-state index contributed by atoms with van der Waals surface area (Å²) in [5.74, 6) is -1.89. The number of sulfonamides is 2. The first kappa shape index (κ1) is 24.1. The van der Waals surface area contributed by atoms with Gasteiger partial charge < -0.3 is 17.2 Å². The maximum atomic E-state index is 13.5. The summed E-state index contributed by atoms with van der Waals surface area (Å²) in [6.07, 6.45) is 0. The molecule has 0 atom stereocenters. The molecule has 34 heavy (non-hydrogen) atoms. The molecule has 1 heterocycles. The molecule has 0 saturated carbocycles. The second kappa shape index (κ2) is 8.41. The van der Waals surface area contributed by atoms with Gasteiger partial charge in [-0.25, -0.2) is 16.8 Å². The van der Waals surface area contributed by atoms with Crippen LogP contribution >= 0.6 is 0 Å². The van der Waals surface area contributed by atoms with Crippen LogP contribution in [0.4, 0.5) is 34.6 Å². The minimum atomic E-state index is -5.08. The fraction of sp³-hybridized carbons (Fsp3) is 0. The van der Waals surface area contributed by atoms with Gasteiger partial charge in [-0.15, -0.1) is 3.71 Å². The van der Waals surface area contributed by atoms with Crippen molar-refractivity contribution in [1.82, 2.24) is 9.97 Å². The predicted octanol–water partition coefficient (Wildman–Crippen LogP) is 0.624. The second-order valence-electron chi connectivity index (χ2n) is 6.41. The van der Waals surface area contributed by atoms with Crippen LogP contribution in [0.25, 0.3) is 0 Å². The van der Waals surface area contributed by atoms with Crippen LogP contribution in [0.1, 0.15) is 0 Å². The number of nitrogens with zero attached hydrogens (tertiary/aromatic N) is 5. The molecule has 0 aliphatic rings. The minimum Gasteiger partial charge on any atom is -0.382 e. The van der Waals surface area contributed by atoms with E-state index in [2.05, 4.69) is 9.97 Å². The number of non-ortho nitro benzene ring substituents is 2. The van der Waals surface area contributed by atoms with Crippen LogP contribution in [-0.4, -0.2) is 36.7 Å². The van der Waals surface area contributed by atoms with Crippen LogP contribution in [0.5, 0.6) is 0 Å². The minimum absolute atomic E-state index is 0.160. The van der Waals surface area contributed by atoms with Gasteiger partial charge in [-0.05, 0) is 24.3 Å². The smallest absolute Gasteiger partial charge is 0.277 e. The van der Waals surface area contributed by atoms with Crippen molar-refractivity contribution in [3.05, 3.63) is 68.8 Å². The van der Waals surface area contributed by atoms with E-state index in [-0.39, 0.29) is 3.71 Å². The maximum Gasteiger partial charge on any atom is 0.277 e. The van der Waals surface area contributed by atoms with Crippen LogP contribution in [0.3, 0.4) is 0 Å². The molecular weight excluding hydrogens is 496 g/mol. The van der Waals surface area contributed by atoms with Gasteiger partial charge in [0.1, 0.15) is 0 Å². The average molecular weight is 510 g/mol. The van der Waals surface area contributed by atoms with Gasteiger partial charge in [-0.2, -0.15) is 9.97 Å². The molecule has 2 aromatic carbocycles. The lowest BCUT2D eigenvalue weighted by Gasteiger charge is -2.25. The Balaban J connectivity index is 2.31. The van der Waals surface area contributed by atoms with Crippen LogP contribution in [0.15, 0.2) is 58.3 Å². The van der Waals surface area contributed by atoms with Crippen LogP contribution in [0.2, 0.25) is 0 Å². The molecule has 0 amide bonds. The Hall–Kier alpha value is -4.58. The summed E-state index contributed by atoms with van der Waals surface area (Å²) in [6, 6.07) is 6.58. The first-order valence-electron chi connectivity index (χ1n) is 8.74. The molecule has 3 aromatic rings. The van der Waals surface area contributed by atoms with Gasteiger partial charge in [0.05, 0.1) is 19.6 Å². The summed E-state index contributed by atoms with van der Waals surface area (Å²) in [4.78, 5) is 26.0. The lowest BCUT2D eigenvalue weighted by atomic mass is 10.3. The van der Waals surface area contributed by atoms with Crippen LogP contribution in [-0.2, 0) is 20.0 Å². The lowest BCUT2D eigenvalue weighted by Crippen LogP contribution is -2.38. The Labute approximate surface area is 191 Å². The molecule has 0 spiro atoms. The monoisotopic (exact) mass is 510 g/mol. The second-order valence-corrected chi connectivity index (χ2v) is 10.2. The van der Waals surface area contributed by atoms with E-state index in [1.54, 1.807) is 0 Å². The molecule has 3 rings (SSSR count). The SMILES string of the molecule is Nc1nc(N)c(N(S(=O)(=O)c2ccc([N+](=O)[O-])cc2)S(=O)(=O)c2ccc([N+](=O)[O-])cc2)c(N)n1. The fourth-order valence-corrected chi connectivity index (χ4v) is 6.48. The summed E-state index contributed by atoms with van der Waals surface area (Å²) in [5.41, 5.74) is 15.1. The Kier molecular flexibility index (Phi) is 5.95. The van der Waals surface area contributed by atoms with Gasteiger partial charge in [0, 0.05) is 24.3 Å². The van der Waals surface area contributed by atoms with Crippen molar-refractivity contribution in [2.45, 2.75) is 9.79 Å². The molecular formula is C16H14N8O8S2. The van der Waals surface area contributed by atoms with E-state index in [9.17, 15) is 37.1 Å². The van der Waals surface area contributed by atoms with E-state index < -0.39 is 74.3 Å². The van der Waals surface area contributed by atoms with E-state index in [1.165, 1.54) is 0 Å². The summed E-state index contributed by atoms with van der Waals surface area (Å²) < 4.78 is 53.7. The van der Waals surface area contributed by atoms with E-state index >= 15 is 0 Å². The Morgan fingerprint density at radius 1 is 0.676 bits per heavy atom. The molecule has 0 unspecified atom stereocenters. The zero-order valence-corrected chi connectivity index (χ0v) is 18.3. The number of benzene rings is 2. The molecule has 0 aliphatic carbocycles. The van der Waals surface area contributed by atoms with Crippen LogP contribution in [0, 0.1) is 20.2 Å². The largest absolute Gasteiger partial charge is 0.382 e. The van der Waals surface area contributed by atoms with Gasteiger partial charge in [-0.3, -0.25) is 20.2 Å². The average Bonchev–Trinajstić information content (AvgIpc) is 2.75. The van der Waals surface area contributed by atoms with Gasteiger partial charge in [0.25, 0.3) is 31.4 Å². The van der Waals surface area contributed by atoms with Crippen molar-refractivity contribution in [2.75, 3.05) is 20.9 Å². The first-order valence-corrected chi connectivity index (χ1v) is 11.6. The topological polar surface area (TPSA) is 262 Å². The molecule has 0 saturated heterocycles. The van der Waals surface area contributed by atoms with Gasteiger partial charge in [-0.1, -0.05) is 0 Å². The van der Waals surface area contributed by atoms with Crippen molar-refractivity contribution in [3.63, 3.8) is 0 Å². The molecule has 0 aliphatic heterocycles. The van der Waals surface area contributed by atoms with Crippen molar-refractivity contribution in [3.8, 4) is 0 Å². The number of hydrogen-bond donors (Lipinski definition) is 3. The number of nitro benzene ring substituents is 2. The highest BCUT2D eigenvalue weighted by atomic mass is 32.3. The van der Waals surface area contributed by atoms with E-state index in [0.717, 1.165) is 48.5 Å². The third-order valence-corrected chi connectivity index (χ3v) is 8.42. The lowest BCUT2D eigenvalue weighted by molar-refractivity contribution is -0.385. The zero-order chi connectivity index (χ0) is 25.4. The van der Waals surface area contributed by atoms with E-state index in [1.807, 2.05) is 0 Å². The number of nitro groups is 2.